The van der Waals surface area contributed by atoms with Gasteiger partial charge in [-0.15, -0.1) is 0 Å². The molecule has 1 atom stereocenters. The van der Waals surface area contributed by atoms with Gasteiger partial charge < -0.3 is 5.73 Å². The SMILES string of the molecule is NCCC(c1cccc(Br)c1)C(F)(F)F. The van der Waals surface area contributed by atoms with Crippen molar-refractivity contribution >= 4 is 15.9 Å². The van der Waals surface area contributed by atoms with Gasteiger partial charge in [-0.3, -0.25) is 0 Å². The van der Waals surface area contributed by atoms with Crippen molar-refractivity contribution in [2.45, 2.75) is 18.5 Å². The molecule has 0 radical (unpaired) electrons. The molecule has 84 valence electrons. The second kappa shape index (κ2) is 4.99. The Labute approximate surface area is 94.6 Å². The predicted octanol–water partition coefficient (Wildman–Crippen LogP) is 3.44. The molecule has 1 unspecified atom stereocenters. The lowest BCUT2D eigenvalue weighted by atomic mass is 9.95. The van der Waals surface area contributed by atoms with Crippen LogP contribution in [0, 0.1) is 0 Å². The lowest BCUT2D eigenvalue weighted by molar-refractivity contribution is -0.151. The first-order chi connectivity index (χ1) is 6.95. The van der Waals surface area contributed by atoms with Crippen molar-refractivity contribution in [2.24, 2.45) is 5.73 Å². The first-order valence-electron chi connectivity index (χ1n) is 4.47. The molecule has 1 nitrogen and oxygen atoms in total. The Hall–Kier alpha value is -0.550. The molecular weight excluding hydrogens is 271 g/mol. The number of alkyl halides is 3. The molecule has 1 aromatic rings. The molecule has 2 N–H and O–H groups in total. The van der Waals surface area contributed by atoms with E-state index in [2.05, 4.69) is 15.9 Å². The third kappa shape index (κ3) is 3.50. The Morgan fingerprint density at radius 1 is 1.33 bits per heavy atom. The van der Waals surface area contributed by atoms with Crippen LogP contribution in [0.2, 0.25) is 0 Å². The first-order valence-corrected chi connectivity index (χ1v) is 5.26. The van der Waals surface area contributed by atoms with Gasteiger partial charge in [-0.1, -0.05) is 28.1 Å². The summed E-state index contributed by atoms with van der Waals surface area (Å²) in [5.74, 6) is -1.47. The minimum absolute atomic E-state index is 0.0245. The molecule has 0 fully saturated rings. The van der Waals surface area contributed by atoms with Crippen LogP contribution < -0.4 is 5.73 Å². The van der Waals surface area contributed by atoms with Crippen molar-refractivity contribution in [2.75, 3.05) is 6.54 Å². The third-order valence-electron chi connectivity index (χ3n) is 2.10. The van der Waals surface area contributed by atoms with Gasteiger partial charge in [0.15, 0.2) is 0 Å². The molecule has 1 rings (SSSR count). The maximum atomic E-state index is 12.7. The standard InChI is InChI=1S/C10H11BrF3N/c11-8-3-1-2-7(6-8)9(4-5-15)10(12,13)14/h1-3,6,9H,4-5,15H2. The molecule has 0 aromatic heterocycles. The van der Waals surface area contributed by atoms with Crippen molar-refractivity contribution in [3.8, 4) is 0 Å². The normalized spacial score (nSPS) is 13.9. The predicted molar refractivity (Wildman–Crippen MR) is 56.6 cm³/mol. The van der Waals surface area contributed by atoms with Crippen molar-refractivity contribution in [3.63, 3.8) is 0 Å². The number of nitrogens with two attached hydrogens (primary N) is 1. The summed E-state index contributed by atoms with van der Waals surface area (Å²) in [5.41, 5.74) is 5.44. The molecule has 1 aromatic carbocycles. The summed E-state index contributed by atoms with van der Waals surface area (Å²) in [6.45, 7) is 0.0245. The smallest absolute Gasteiger partial charge is 0.330 e. The Balaban J connectivity index is 2.99. The zero-order valence-electron chi connectivity index (χ0n) is 7.89. The topological polar surface area (TPSA) is 26.0 Å². The molecule has 0 aliphatic rings. The number of hydrogen-bond acceptors (Lipinski definition) is 1. The molecule has 0 spiro atoms. The van der Waals surface area contributed by atoms with Gasteiger partial charge in [-0.2, -0.15) is 13.2 Å². The summed E-state index contributed by atoms with van der Waals surface area (Å²) in [6, 6.07) is 6.24. The summed E-state index contributed by atoms with van der Waals surface area (Å²) in [6.07, 6.45) is -4.32. The highest BCUT2D eigenvalue weighted by molar-refractivity contribution is 9.10. The summed E-state index contributed by atoms with van der Waals surface area (Å²) in [5, 5.41) is 0. The molecule has 15 heavy (non-hydrogen) atoms. The van der Waals surface area contributed by atoms with Crippen LogP contribution in [0.25, 0.3) is 0 Å². The van der Waals surface area contributed by atoms with Crippen LogP contribution >= 0.6 is 15.9 Å². The van der Waals surface area contributed by atoms with Gasteiger partial charge in [0, 0.05) is 4.47 Å². The van der Waals surface area contributed by atoms with Gasteiger partial charge >= 0.3 is 6.18 Å². The maximum absolute atomic E-state index is 12.7. The number of hydrogen-bond donors (Lipinski definition) is 1. The van der Waals surface area contributed by atoms with Crippen molar-refractivity contribution < 1.29 is 13.2 Å². The summed E-state index contributed by atoms with van der Waals surface area (Å²) in [4.78, 5) is 0. The zero-order valence-corrected chi connectivity index (χ0v) is 9.48. The van der Waals surface area contributed by atoms with Crippen LogP contribution in [-0.4, -0.2) is 12.7 Å². The molecule has 0 amide bonds. The molecule has 0 bridgehead atoms. The zero-order chi connectivity index (χ0) is 11.5. The molecule has 0 saturated carbocycles. The number of halogens is 4. The molecule has 5 heteroatoms. The van der Waals surface area contributed by atoms with Gasteiger partial charge in [0.2, 0.25) is 0 Å². The fourth-order valence-electron chi connectivity index (χ4n) is 1.41. The van der Waals surface area contributed by atoms with Gasteiger partial charge in [0.05, 0.1) is 5.92 Å². The highest BCUT2D eigenvalue weighted by Crippen LogP contribution is 2.37. The van der Waals surface area contributed by atoms with Crippen LogP contribution in [0.15, 0.2) is 28.7 Å². The lowest BCUT2D eigenvalue weighted by Crippen LogP contribution is -2.23. The van der Waals surface area contributed by atoms with Crippen molar-refractivity contribution in [3.05, 3.63) is 34.3 Å². The summed E-state index contributed by atoms with van der Waals surface area (Å²) < 4.78 is 38.6. The molecule has 0 aliphatic heterocycles. The van der Waals surface area contributed by atoms with Crippen LogP contribution in [-0.2, 0) is 0 Å². The number of rotatable bonds is 3. The maximum Gasteiger partial charge on any atom is 0.395 e. The largest absolute Gasteiger partial charge is 0.395 e. The van der Waals surface area contributed by atoms with E-state index in [1.165, 1.54) is 12.1 Å². The summed E-state index contributed by atoms with van der Waals surface area (Å²) in [7, 11) is 0. The van der Waals surface area contributed by atoms with Crippen LogP contribution in [0.3, 0.4) is 0 Å². The van der Waals surface area contributed by atoms with E-state index in [4.69, 9.17) is 5.73 Å². The van der Waals surface area contributed by atoms with E-state index in [0.29, 0.717) is 4.47 Å². The highest BCUT2D eigenvalue weighted by atomic mass is 79.9. The van der Waals surface area contributed by atoms with E-state index in [9.17, 15) is 13.2 Å². The van der Waals surface area contributed by atoms with Gasteiger partial charge in [0.1, 0.15) is 0 Å². The third-order valence-corrected chi connectivity index (χ3v) is 2.59. The van der Waals surface area contributed by atoms with E-state index >= 15 is 0 Å². The quantitative estimate of drug-likeness (QED) is 0.902. The van der Waals surface area contributed by atoms with E-state index in [1.807, 2.05) is 0 Å². The monoisotopic (exact) mass is 281 g/mol. The fourth-order valence-corrected chi connectivity index (χ4v) is 1.83. The average molecular weight is 282 g/mol. The van der Waals surface area contributed by atoms with Gasteiger partial charge in [-0.25, -0.2) is 0 Å². The highest BCUT2D eigenvalue weighted by Gasteiger charge is 2.39. The second-order valence-corrected chi connectivity index (χ2v) is 4.14. The molecular formula is C10H11BrF3N. The van der Waals surface area contributed by atoms with E-state index in [-0.39, 0.29) is 18.5 Å². The molecule has 0 aliphatic carbocycles. The minimum Gasteiger partial charge on any atom is -0.330 e. The fraction of sp³-hybridized carbons (Fsp3) is 0.400. The Morgan fingerprint density at radius 2 is 2.00 bits per heavy atom. The number of benzene rings is 1. The Kier molecular flexibility index (Phi) is 4.16. The second-order valence-electron chi connectivity index (χ2n) is 3.23. The van der Waals surface area contributed by atoms with Crippen LogP contribution in [0.5, 0.6) is 0 Å². The van der Waals surface area contributed by atoms with Crippen molar-refractivity contribution in [1.29, 1.82) is 0 Å². The lowest BCUT2D eigenvalue weighted by Gasteiger charge is -2.20. The van der Waals surface area contributed by atoms with Gasteiger partial charge in [-0.05, 0) is 30.7 Å². The van der Waals surface area contributed by atoms with Crippen LogP contribution in [0.1, 0.15) is 17.9 Å². The van der Waals surface area contributed by atoms with E-state index < -0.39 is 12.1 Å². The van der Waals surface area contributed by atoms with E-state index in [0.717, 1.165) is 0 Å². The Morgan fingerprint density at radius 3 is 2.47 bits per heavy atom. The average Bonchev–Trinajstić information content (AvgIpc) is 2.12. The first kappa shape index (κ1) is 12.5. The van der Waals surface area contributed by atoms with Crippen molar-refractivity contribution in [1.82, 2.24) is 0 Å². The molecule has 0 heterocycles. The summed E-state index contributed by atoms with van der Waals surface area (Å²) >= 11 is 3.15. The minimum atomic E-state index is -4.24. The Bertz CT molecular complexity index is 325. The van der Waals surface area contributed by atoms with E-state index in [1.54, 1.807) is 12.1 Å². The van der Waals surface area contributed by atoms with Crippen LogP contribution in [0.4, 0.5) is 13.2 Å². The molecule has 0 saturated heterocycles. The van der Waals surface area contributed by atoms with Gasteiger partial charge in [0.25, 0.3) is 0 Å².